The second-order valence-corrected chi connectivity index (χ2v) is 3.68. The van der Waals surface area contributed by atoms with Gasteiger partial charge in [0.1, 0.15) is 12.3 Å². The van der Waals surface area contributed by atoms with Gasteiger partial charge in [0.05, 0.1) is 0 Å². The normalized spacial score (nSPS) is 10.5. The van der Waals surface area contributed by atoms with Crippen molar-refractivity contribution in [2.45, 2.75) is 26.8 Å². The number of hydrogen-bond acceptors (Lipinski definition) is 4. The van der Waals surface area contributed by atoms with E-state index in [9.17, 15) is 9.59 Å². The molecule has 0 atom stereocenters. The maximum atomic E-state index is 11.9. The van der Waals surface area contributed by atoms with Crippen LogP contribution < -0.4 is 0 Å². The third-order valence-corrected chi connectivity index (χ3v) is 2.14. The Kier molecular flexibility index (Phi) is 3.65. The van der Waals surface area contributed by atoms with Crippen LogP contribution >= 0.6 is 0 Å². The summed E-state index contributed by atoms with van der Waals surface area (Å²) >= 11 is 0. The molecule has 0 aromatic carbocycles. The van der Waals surface area contributed by atoms with Crippen LogP contribution in [0.15, 0.2) is 10.8 Å². The Morgan fingerprint density at radius 3 is 2.56 bits per heavy atom. The average Bonchev–Trinajstić information content (AvgIpc) is 2.59. The Labute approximate surface area is 92.9 Å². The van der Waals surface area contributed by atoms with Gasteiger partial charge in [0.2, 0.25) is 0 Å². The van der Waals surface area contributed by atoms with E-state index in [1.54, 1.807) is 20.8 Å². The number of carboxylic acid groups (broad SMARTS) is 1. The Hall–Kier alpha value is -1.85. The Balaban J connectivity index is 2.92. The number of rotatable bonds is 4. The molecular formula is C10H14N2O4. The van der Waals surface area contributed by atoms with Crippen molar-refractivity contribution in [2.24, 2.45) is 0 Å². The number of aliphatic carboxylic acids is 1. The van der Waals surface area contributed by atoms with E-state index < -0.39 is 11.9 Å². The predicted octanol–water partition coefficient (Wildman–Crippen LogP) is 0.918. The lowest BCUT2D eigenvalue weighted by atomic mass is 10.2. The fraction of sp³-hybridized carbons (Fsp3) is 0.500. The van der Waals surface area contributed by atoms with Gasteiger partial charge >= 0.3 is 5.97 Å². The standard InChI is InChI=1S/C10H14N2O4/c1-6(2)12(4-8(13)14)10(15)9-7(3)16-5-11-9/h5-6H,4H2,1-3H3,(H,13,14). The van der Waals surface area contributed by atoms with Crippen LogP contribution in [0.25, 0.3) is 0 Å². The van der Waals surface area contributed by atoms with Crippen LogP contribution in [0.4, 0.5) is 0 Å². The van der Waals surface area contributed by atoms with Crippen LogP contribution in [0, 0.1) is 6.92 Å². The van der Waals surface area contributed by atoms with Gasteiger partial charge in [0, 0.05) is 6.04 Å². The van der Waals surface area contributed by atoms with Crippen LogP contribution in [0.1, 0.15) is 30.1 Å². The molecule has 16 heavy (non-hydrogen) atoms. The van der Waals surface area contributed by atoms with Crippen LogP contribution in [0.5, 0.6) is 0 Å². The molecule has 1 aromatic heterocycles. The monoisotopic (exact) mass is 226 g/mol. The van der Waals surface area contributed by atoms with Gasteiger partial charge in [-0.05, 0) is 20.8 Å². The van der Waals surface area contributed by atoms with E-state index in [1.165, 1.54) is 11.3 Å². The zero-order chi connectivity index (χ0) is 12.3. The van der Waals surface area contributed by atoms with Gasteiger partial charge in [-0.25, -0.2) is 4.98 Å². The first-order valence-corrected chi connectivity index (χ1v) is 4.86. The largest absolute Gasteiger partial charge is 0.480 e. The Bertz CT molecular complexity index is 397. The number of carboxylic acids is 1. The zero-order valence-corrected chi connectivity index (χ0v) is 9.43. The van der Waals surface area contributed by atoms with Crippen LogP contribution in [0.2, 0.25) is 0 Å². The van der Waals surface area contributed by atoms with E-state index in [1.807, 2.05) is 0 Å². The lowest BCUT2D eigenvalue weighted by molar-refractivity contribution is -0.138. The molecule has 0 saturated heterocycles. The molecule has 0 bridgehead atoms. The minimum absolute atomic E-state index is 0.162. The van der Waals surface area contributed by atoms with E-state index in [0.29, 0.717) is 5.76 Å². The molecular weight excluding hydrogens is 212 g/mol. The molecule has 0 fully saturated rings. The second kappa shape index (κ2) is 4.78. The molecule has 0 saturated carbocycles. The molecule has 1 aromatic rings. The van der Waals surface area contributed by atoms with Crippen molar-refractivity contribution in [3.05, 3.63) is 17.8 Å². The number of carbonyl (C=O) groups excluding carboxylic acids is 1. The molecule has 0 radical (unpaired) electrons. The zero-order valence-electron chi connectivity index (χ0n) is 9.43. The number of hydrogen-bond donors (Lipinski definition) is 1. The van der Waals surface area contributed by atoms with Gasteiger partial charge in [-0.1, -0.05) is 0 Å². The summed E-state index contributed by atoms with van der Waals surface area (Å²) in [5.41, 5.74) is 0.162. The molecule has 6 heteroatoms. The number of carbonyl (C=O) groups is 2. The highest BCUT2D eigenvalue weighted by atomic mass is 16.4. The summed E-state index contributed by atoms with van der Waals surface area (Å²) in [6.45, 7) is 4.76. The van der Waals surface area contributed by atoms with Gasteiger partial charge in [-0.3, -0.25) is 9.59 Å². The van der Waals surface area contributed by atoms with E-state index in [4.69, 9.17) is 9.52 Å². The van der Waals surface area contributed by atoms with Crippen molar-refractivity contribution in [1.82, 2.24) is 9.88 Å². The third-order valence-electron chi connectivity index (χ3n) is 2.14. The van der Waals surface area contributed by atoms with Crippen molar-refractivity contribution in [1.29, 1.82) is 0 Å². The molecule has 6 nitrogen and oxygen atoms in total. The number of nitrogens with zero attached hydrogens (tertiary/aromatic N) is 2. The highest BCUT2D eigenvalue weighted by molar-refractivity contribution is 5.95. The van der Waals surface area contributed by atoms with Crippen molar-refractivity contribution < 1.29 is 19.1 Å². The van der Waals surface area contributed by atoms with E-state index in [2.05, 4.69) is 4.98 Å². The first-order chi connectivity index (χ1) is 7.43. The molecule has 0 aliphatic rings. The van der Waals surface area contributed by atoms with Gasteiger partial charge in [0.15, 0.2) is 12.1 Å². The number of amides is 1. The van der Waals surface area contributed by atoms with E-state index in [-0.39, 0.29) is 18.3 Å². The summed E-state index contributed by atoms with van der Waals surface area (Å²) < 4.78 is 4.91. The summed E-state index contributed by atoms with van der Waals surface area (Å²) in [6.07, 6.45) is 1.17. The fourth-order valence-corrected chi connectivity index (χ4v) is 1.28. The summed E-state index contributed by atoms with van der Waals surface area (Å²) in [6, 6.07) is -0.209. The van der Waals surface area contributed by atoms with Crippen molar-refractivity contribution in [3.63, 3.8) is 0 Å². The first kappa shape index (κ1) is 12.2. The molecule has 1 amide bonds. The molecule has 0 aliphatic heterocycles. The quantitative estimate of drug-likeness (QED) is 0.825. The maximum Gasteiger partial charge on any atom is 0.323 e. The minimum atomic E-state index is -1.05. The molecule has 0 aliphatic carbocycles. The SMILES string of the molecule is Cc1ocnc1C(=O)N(CC(=O)O)C(C)C. The Morgan fingerprint density at radius 2 is 2.19 bits per heavy atom. The topological polar surface area (TPSA) is 83.6 Å². The van der Waals surface area contributed by atoms with Gasteiger partial charge in [0.25, 0.3) is 5.91 Å². The van der Waals surface area contributed by atoms with Crippen LogP contribution in [-0.4, -0.2) is 39.5 Å². The van der Waals surface area contributed by atoms with Crippen molar-refractivity contribution in [3.8, 4) is 0 Å². The van der Waals surface area contributed by atoms with Crippen molar-refractivity contribution >= 4 is 11.9 Å². The summed E-state index contributed by atoms with van der Waals surface area (Å²) in [7, 11) is 0. The van der Waals surface area contributed by atoms with E-state index in [0.717, 1.165) is 0 Å². The molecule has 1 heterocycles. The highest BCUT2D eigenvalue weighted by Crippen LogP contribution is 2.10. The summed E-state index contributed by atoms with van der Waals surface area (Å²) in [5, 5.41) is 8.71. The molecule has 0 spiro atoms. The van der Waals surface area contributed by atoms with Gasteiger partial charge in [-0.15, -0.1) is 0 Å². The molecule has 1 N–H and O–H groups in total. The Morgan fingerprint density at radius 1 is 1.56 bits per heavy atom. The summed E-state index contributed by atoms with van der Waals surface area (Å²) in [4.78, 5) is 27.6. The number of oxazole rings is 1. The third kappa shape index (κ3) is 2.59. The lowest BCUT2D eigenvalue weighted by Gasteiger charge is -2.23. The minimum Gasteiger partial charge on any atom is -0.480 e. The van der Waals surface area contributed by atoms with Gasteiger partial charge < -0.3 is 14.4 Å². The average molecular weight is 226 g/mol. The highest BCUT2D eigenvalue weighted by Gasteiger charge is 2.24. The van der Waals surface area contributed by atoms with Crippen LogP contribution in [0.3, 0.4) is 0 Å². The second-order valence-electron chi connectivity index (χ2n) is 3.68. The maximum absolute atomic E-state index is 11.9. The van der Waals surface area contributed by atoms with Crippen LogP contribution in [-0.2, 0) is 4.79 Å². The molecule has 1 rings (SSSR count). The summed E-state index contributed by atoms with van der Waals surface area (Å²) in [5.74, 6) is -1.09. The smallest absolute Gasteiger partial charge is 0.323 e. The predicted molar refractivity (Wildman–Crippen MR) is 55.0 cm³/mol. The number of aromatic nitrogens is 1. The lowest BCUT2D eigenvalue weighted by Crippen LogP contribution is -2.41. The fourth-order valence-electron chi connectivity index (χ4n) is 1.28. The molecule has 88 valence electrons. The van der Waals surface area contributed by atoms with Crippen molar-refractivity contribution in [2.75, 3.05) is 6.54 Å². The first-order valence-electron chi connectivity index (χ1n) is 4.86. The number of aryl methyl sites for hydroxylation is 1. The van der Waals surface area contributed by atoms with Gasteiger partial charge in [-0.2, -0.15) is 0 Å². The van der Waals surface area contributed by atoms with E-state index >= 15 is 0 Å². The molecule has 0 unspecified atom stereocenters.